The van der Waals surface area contributed by atoms with Gasteiger partial charge < -0.3 is 14.7 Å². The first-order chi connectivity index (χ1) is 16.2. The van der Waals surface area contributed by atoms with E-state index in [1.165, 1.54) is 16.4 Å². The number of ether oxygens (including phenoxy) is 1. The number of fused-ring (bicyclic) bond motifs is 1. The van der Waals surface area contributed by atoms with Crippen LogP contribution in [0.25, 0.3) is 0 Å². The molecule has 0 spiro atoms. The molecule has 0 saturated carbocycles. The Morgan fingerprint density at radius 3 is 2.68 bits per heavy atom. The Morgan fingerprint density at radius 1 is 1.26 bits per heavy atom. The lowest BCUT2D eigenvalue weighted by Gasteiger charge is -2.37. The van der Waals surface area contributed by atoms with Crippen LogP contribution in [0.4, 0.5) is 4.39 Å². The second-order valence-electron chi connectivity index (χ2n) is 8.89. The number of nitrogens with zero attached hydrogens (tertiary/aromatic N) is 2. The molecule has 0 aliphatic carbocycles. The predicted molar refractivity (Wildman–Crippen MR) is 131 cm³/mol. The minimum atomic E-state index is -3.91. The Morgan fingerprint density at radius 2 is 2.00 bits per heavy atom. The van der Waals surface area contributed by atoms with Gasteiger partial charge in [0.15, 0.2) is 0 Å². The summed E-state index contributed by atoms with van der Waals surface area (Å²) in [5.74, 6) is 5.41. The van der Waals surface area contributed by atoms with E-state index >= 15 is 0 Å². The number of benzene rings is 2. The van der Waals surface area contributed by atoms with E-state index in [0.717, 1.165) is 13.0 Å². The molecule has 3 rings (SSSR count). The molecular weight excluding hydrogens is 455 g/mol. The number of halogens is 1. The number of hydrogen-bond donors (Lipinski definition) is 1. The van der Waals surface area contributed by atoms with Crippen molar-refractivity contribution in [2.24, 2.45) is 5.92 Å². The zero-order valence-electron chi connectivity index (χ0n) is 20.2. The maximum atomic E-state index is 14.0. The zero-order chi connectivity index (χ0) is 24.9. The SMILES string of the molecule is CCCN(C)C[C@H]1Oc2cc(C#Cc3ccccc3F)ccc2S(=O)(=O)N([C@@H](C)CO)C[C@H]1C. The number of aliphatic hydroxyl groups excluding tert-OH is 1. The molecule has 2 aromatic carbocycles. The molecule has 0 unspecified atom stereocenters. The summed E-state index contributed by atoms with van der Waals surface area (Å²) in [5, 5.41) is 9.75. The molecule has 0 aromatic heterocycles. The largest absolute Gasteiger partial charge is 0.487 e. The van der Waals surface area contributed by atoms with Gasteiger partial charge in [-0.3, -0.25) is 0 Å². The van der Waals surface area contributed by atoms with Crippen LogP contribution in [-0.4, -0.2) is 68.2 Å². The van der Waals surface area contributed by atoms with Gasteiger partial charge in [-0.1, -0.05) is 37.8 Å². The maximum absolute atomic E-state index is 14.0. The average molecular weight is 489 g/mol. The molecule has 1 N–H and O–H groups in total. The Bertz CT molecular complexity index is 1160. The number of aliphatic hydroxyl groups is 1. The van der Waals surface area contributed by atoms with E-state index in [9.17, 15) is 17.9 Å². The summed E-state index contributed by atoms with van der Waals surface area (Å²) < 4.78 is 48.7. The molecule has 8 heteroatoms. The highest BCUT2D eigenvalue weighted by Gasteiger charge is 2.38. The van der Waals surface area contributed by atoms with Gasteiger partial charge in [0.2, 0.25) is 10.0 Å². The standard InChI is InChI=1S/C26H33FN2O4S/c1-5-14-28(4)17-25-19(2)16-29(20(3)18-30)34(31,32)26-13-11-21(15-24(26)33-25)10-12-22-8-6-7-9-23(22)27/h6-9,11,13,15,19-20,25,30H,5,14,16-18H2,1-4H3/t19-,20+,25-/m1/s1. The van der Waals surface area contributed by atoms with Crippen LogP contribution < -0.4 is 4.74 Å². The highest BCUT2D eigenvalue weighted by molar-refractivity contribution is 7.89. The van der Waals surface area contributed by atoms with Gasteiger partial charge in [0, 0.05) is 30.6 Å². The van der Waals surface area contributed by atoms with Gasteiger partial charge in [-0.05, 0) is 57.3 Å². The Hall–Kier alpha value is -2.44. The Balaban J connectivity index is 2.07. The van der Waals surface area contributed by atoms with Crippen LogP contribution in [0.3, 0.4) is 0 Å². The van der Waals surface area contributed by atoms with Gasteiger partial charge in [0.05, 0.1) is 12.2 Å². The lowest BCUT2D eigenvalue weighted by Crippen LogP contribution is -2.49. The summed E-state index contributed by atoms with van der Waals surface area (Å²) in [6.07, 6.45) is 0.723. The third-order valence-corrected chi connectivity index (χ3v) is 8.00. The molecule has 2 aromatic rings. The van der Waals surface area contributed by atoms with Crippen molar-refractivity contribution < 1.29 is 22.7 Å². The third-order valence-electron chi connectivity index (χ3n) is 5.98. The summed E-state index contributed by atoms with van der Waals surface area (Å²) in [4.78, 5) is 2.21. The van der Waals surface area contributed by atoms with Crippen LogP contribution >= 0.6 is 0 Å². The number of likely N-dealkylation sites (N-methyl/N-ethyl adjacent to an activating group) is 1. The average Bonchev–Trinajstić information content (AvgIpc) is 2.80. The second-order valence-corrected chi connectivity index (χ2v) is 10.8. The van der Waals surface area contributed by atoms with Gasteiger partial charge in [-0.15, -0.1) is 0 Å². The molecule has 0 radical (unpaired) electrons. The Labute approximate surface area is 202 Å². The fourth-order valence-electron chi connectivity index (χ4n) is 4.00. The summed E-state index contributed by atoms with van der Waals surface area (Å²) in [5.41, 5.74) is 0.784. The summed E-state index contributed by atoms with van der Waals surface area (Å²) in [7, 11) is -1.90. The van der Waals surface area contributed by atoms with Gasteiger partial charge in [-0.2, -0.15) is 4.31 Å². The predicted octanol–water partition coefficient (Wildman–Crippen LogP) is 3.34. The minimum absolute atomic E-state index is 0.0410. The van der Waals surface area contributed by atoms with Crippen molar-refractivity contribution in [2.45, 2.75) is 44.2 Å². The molecule has 1 aliphatic rings. The van der Waals surface area contributed by atoms with E-state index in [0.29, 0.717) is 12.1 Å². The monoisotopic (exact) mass is 488 g/mol. The van der Waals surface area contributed by atoms with Crippen molar-refractivity contribution in [2.75, 3.05) is 33.3 Å². The van der Waals surface area contributed by atoms with E-state index in [1.54, 1.807) is 37.3 Å². The van der Waals surface area contributed by atoms with Crippen molar-refractivity contribution >= 4 is 10.0 Å². The first-order valence-electron chi connectivity index (χ1n) is 11.6. The van der Waals surface area contributed by atoms with Crippen molar-refractivity contribution in [1.82, 2.24) is 9.21 Å². The topological polar surface area (TPSA) is 70.1 Å². The van der Waals surface area contributed by atoms with Crippen molar-refractivity contribution in [1.29, 1.82) is 0 Å². The van der Waals surface area contributed by atoms with Crippen molar-refractivity contribution in [3.8, 4) is 17.6 Å². The lowest BCUT2D eigenvalue weighted by atomic mass is 10.0. The zero-order valence-corrected chi connectivity index (χ0v) is 21.0. The minimum Gasteiger partial charge on any atom is -0.487 e. The van der Waals surface area contributed by atoms with E-state index in [4.69, 9.17) is 4.74 Å². The van der Waals surface area contributed by atoms with Crippen molar-refractivity contribution in [3.05, 3.63) is 59.4 Å². The smallest absolute Gasteiger partial charge is 0.247 e. The van der Waals surface area contributed by atoms with Crippen LogP contribution in [0.1, 0.15) is 38.3 Å². The fourth-order valence-corrected chi connectivity index (χ4v) is 5.83. The molecule has 0 saturated heterocycles. The normalized spacial score (nSPS) is 20.9. The first-order valence-corrected chi connectivity index (χ1v) is 13.0. The highest BCUT2D eigenvalue weighted by Crippen LogP contribution is 2.34. The lowest BCUT2D eigenvalue weighted by molar-refractivity contribution is 0.0752. The molecular formula is C26H33FN2O4S. The van der Waals surface area contributed by atoms with E-state index in [-0.39, 0.29) is 41.4 Å². The van der Waals surface area contributed by atoms with Crippen molar-refractivity contribution in [3.63, 3.8) is 0 Å². The van der Waals surface area contributed by atoms with Crippen LogP contribution in [-0.2, 0) is 10.0 Å². The van der Waals surface area contributed by atoms with Gasteiger partial charge >= 0.3 is 0 Å². The maximum Gasteiger partial charge on any atom is 0.247 e. The van der Waals surface area contributed by atoms with Crippen LogP contribution in [0, 0.1) is 23.6 Å². The molecule has 1 heterocycles. The number of sulfonamides is 1. The Kier molecular flexibility index (Phi) is 8.72. The summed E-state index contributed by atoms with van der Waals surface area (Å²) >= 11 is 0. The number of hydrogen-bond acceptors (Lipinski definition) is 5. The quantitative estimate of drug-likeness (QED) is 0.632. The highest BCUT2D eigenvalue weighted by atomic mass is 32.2. The van der Waals surface area contributed by atoms with E-state index in [2.05, 4.69) is 23.7 Å². The molecule has 3 atom stereocenters. The van der Waals surface area contributed by atoms with Crippen LogP contribution in [0.15, 0.2) is 47.4 Å². The third kappa shape index (κ3) is 5.97. The molecule has 34 heavy (non-hydrogen) atoms. The molecule has 0 fully saturated rings. The molecule has 6 nitrogen and oxygen atoms in total. The first kappa shape index (κ1) is 26.2. The second kappa shape index (κ2) is 11.3. The molecule has 184 valence electrons. The fraction of sp³-hybridized carbons (Fsp3) is 0.462. The molecule has 1 aliphatic heterocycles. The van der Waals surface area contributed by atoms with Crippen LogP contribution in [0.5, 0.6) is 5.75 Å². The summed E-state index contributed by atoms with van der Waals surface area (Å²) in [6, 6.07) is 10.3. The molecule has 0 amide bonds. The number of rotatable bonds is 6. The molecule has 0 bridgehead atoms. The summed E-state index contributed by atoms with van der Waals surface area (Å²) in [6.45, 7) is 7.23. The van der Waals surface area contributed by atoms with Gasteiger partial charge in [-0.25, -0.2) is 12.8 Å². The van der Waals surface area contributed by atoms with Gasteiger partial charge in [0.25, 0.3) is 0 Å². The van der Waals surface area contributed by atoms with E-state index in [1.807, 2.05) is 14.0 Å². The van der Waals surface area contributed by atoms with Gasteiger partial charge in [0.1, 0.15) is 22.6 Å². The van der Waals surface area contributed by atoms with E-state index < -0.39 is 21.9 Å². The van der Waals surface area contributed by atoms with Crippen LogP contribution in [0.2, 0.25) is 0 Å².